The lowest BCUT2D eigenvalue weighted by Crippen LogP contribution is -2.31. The zero-order chi connectivity index (χ0) is 14.7. The second-order valence-electron chi connectivity index (χ2n) is 5.37. The number of nitrogens with zero attached hydrogens (tertiary/aromatic N) is 2. The number of amides is 1. The smallest absolute Gasteiger partial charge is 0.292 e. The van der Waals surface area contributed by atoms with Crippen molar-refractivity contribution >= 4 is 17.3 Å². The molecule has 0 heterocycles. The van der Waals surface area contributed by atoms with Crippen molar-refractivity contribution in [3.05, 3.63) is 33.9 Å². The molecule has 108 valence electrons. The quantitative estimate of drug-likeness (QED) is 0.520. The third kappa shape index (κ3) is 3.07. The van der Waals surface area contributed by atoms with Gasteiger partial charge in [-0.3, -0.25) is 14.9 Å². The Kier molecular flexibility index (Phi) is 4.22. The molecular formula is C14H19N3O3. The molecule has 2 N–H and O–H groups in total. The average Bonchev–Trinajstić information content (AvgIpc) is 2.91. The summed E-state index contributed by atoms with van der Waals surface area (Å²) < 4.78 is 0. The third-order valence-corrected chi connectivity index (χ3v) is 3.83. The van der Waals surface area contributed by atoms with Gasteiger partial charge in [0.2, 0.25) is 0 Å². The molecule has 1 amide bonds. The highest BCUT2D eigenvalue weighted by Crippen LogP contribution is 2.26. The summed E-state index contributed by atoms with van der Waals surface area (Å²) in [4.78, 5) is 24.2. The standard InChI is InChI=1S/C14H19N3O3/c1-16(9-10-4-2-3-5-10)14(18)11-6-7-12(15)13(8-11)17(19)20/h6-8,10H,2-5,9,15H2,1H3. The van der Waals surface area contributed by atoms with E-state index in [9.17, 15) is 14.9 Å². The number of nitrogens with two attached hydrogens (primary N) is 1. The molecule has 2 rings (SSSR count). The molecule has 0 aliphatic heterocycles. The minimum Gasteiger partial charge on any atom is -0.393 e. The molecule has 0 spiro atoms. The van der Waals surface area contributed by atoms with Crippen LogP contribution in [0.25, 0.3) is 0 Å². The predicted molar refractivity (Wildman–Crippen MR) is 76.4 cm³/mol. The van der Waals surface area contributed by atoms with E-state index in [2.05, 4.69) is 0 Å². The Morgan fingerprint density at radius 3 is 2.70 bits per heavy atom. The molecule has 1 fully saturated rings. The normalized spacial score (nSPS) is 15.2. The number of nitrogen functional groups attached to an aromatic ring is 1. The molecule has 0 aromatic heterocycles. The molecule has 1 saturated carbocycles. The Bertz CT molecular complexity index is 524. The highest BCUT2D eigenvalue weighted by Gasteiger charge is 2.22. The lowest BCUT2D eigenvalue weighted by atomic mass is 10.1. The van der Waals surface area contributed by atoms with Crippen molar-refractivity contribution < 1.29 is 9.72 Å². The van der Waals surface area contributed by atoms with Gasteiger partial charge in [0.15, 0.2) is 0 Å². The number of nitro groups is 1. The summed E-state index contributed by atoms with van der Waals surface area (Å²) in [5.41, 5.74) is 5.70. The van der Waals surface area contributed by atoms with Crippen molar-refractivity contribution in [1.82, 2.24) is 4.90 Å². The van der Waals surface area contributed by atoms with Crippen LogP contribution in [0.3, 0.4) is 0 Å². The van der Waals surface area contributed by atoms with Crippen LogP contribution in [0, 0.1) is 16.0 Å². The van der Waals surface area contributed by atoms with Gasteiger partial charge in [0.05, 0.1) is 4.92 Å². The van der Waals surface area contributed by atoms with E-state index in [0.29, 0.717) is 18.0 Å². The molecule has 0 atom stereocenters. The maximum absolute atomic E-state index is 12.3. The first-order valence-corrected chi connectivity index (χ1v) is 6.78. The first-order valence-electron chi connectivity index (χ1n) is 6.78. The van der Waals surface area contributed by atoms with Crippen LogP contribution in [0.1, 0.15) is 36.0 Å². The number of nitro benzene ring substituents is 1. The summed E-state index contributed by atoms with van der Waals surface area (Å²) >= 11 is 0. The van der Waals surface area contributed by atoms with Crippen molar-refractivity contribution in [2.75, 3.05) is 19.3 Å². The Labute approximate surface area is 117 Å². The number of hydrogen-bond acceptors (Lipinski definition) is 4. The Morgan fingerprint density at radius 1 is 1.45 bits per heavy atom. The zero-order valence-corrected chi connectivity index (χ0v) is 11.5. The second-order valence-corrected chi connectivity index (χ2v) is 5.37. The first-order chi connectivity index (χ1) is 9.49. The van der Waals surface area contributed by atoms with Crippen LogP contribution in [0.4, 0.5) is 11.4 Å². The third-order valence-electron chi connectivity index (χ3n) is 3.83. The Morgan fingerprint density at radius 2 is 2.10 bits per heavy atom. The van der Waals surface area contributed by atoms with Gasteiger partial charge in [-0.25, -0.2) is 0 Å². The molecule has 6 nitrogen and oxygen atoms in total. The number of carbonyl (C=O) groups is 1. The van der Waals surface area contributed by atoms with Crippen molar-refractivity contribution in [3.8, 4) is 0 Å². The summed E-state index contributed by atoms with van der Waals surface area (Å²) in [6.45, 7) is 0.705. The van der Waals surface area contributed by atoms with Gasteiger partial charge in [0.1, 0.15) is 5.69 Å². The van der Waals surface area contributed by atoms with E-state index in [0.717, 1.165) is 12.8 Å². The van der Waals surface area contributed by atoms with Gasteiger partial charge in [0, 0.05) is 25.2 Å². The zero-order valence-electron chi connectivity index (χ0n) is 11.5. The maximum atomic E-state index is 12.3. The van der Waals surface area contributed by atoms with Gasteiger partial charge in [-0.1, -0.05) is 12.8 Å². The summed E-state index contributed by atoms with van der Waals surface area (Å²) in [7, 11) is 1.74. The average molecular weight is 277 g/mol. The summed E-state index contributed by atoms with van der Waals surface area (Å²) in [5.74, 6) is 0.354. The second kappa shape index (κ2) is 5.90. The van der Waals surface area contributed by atoms with E-state index in [4.69, 9.17) is 5.73 Å². The molecule has 0 unspecified atom stereocenters. The van der Waals surface area contributed by atoms with E-state index in [1.165, 1.54) is 31.0 Å². The van der Waals surface area contributed by atoms with E-state index < -0.39 is 4.92 Å². The SMILES string of the molecule is CN(CC1CCCC1)C(=O)c1ccc(N)c([N+](=O)[O-])c1. The summed E-state index contributed by atoms with van der Waals surface area (Å²) in [5, 5.41) is 10.8. The van der Waals surface area contributed by atoms with Crippen LogP contribution in [-0.2, 0) is 0 Å². The van der Waals surface area contributed by atoms with Gasteiger partial charge >= 0.3 is 0 Å². The van der Waals surface area contributed by atoms with Gasteiger partial charge in [-0.05, 0) is 30.9 Å². The van der Waals surface area contributed by atoms with Crippen LogP contribution in [-0.4, -0.2) is 29.3 Å². The van der Waals surface area contributed by atoms with Crippen LogP contribution >= 0.6 is 0 Å². The van der Waals surface area contributed by atoms with Crippen LogP contribution in [0.2, 0.25) is 0 Å². The lowest BCUT2D eigenvalue weighted by Gasteiger charge is -2.21. The van der Waals surface area contributed by atoms with Gasteiger partial charge in [-0.2, -0.15) is 0 Å². The minimum absolute atomic E-state index is 0.0741. The van der Waals surface area contributed by atoms with E-state index in [1.54, 1.807) is 11.9 Å². The molecule has 1 aromatic carbocycles. The predicted octanol–water partition coefficient (Wildman–Crippen LogP) is 2.44. The van der Waals surface area contributed by atoms with E-state index in [1.807, 2.05) is 0 Å². The van der Waals surface area contributed by atoms with E-state index in [-0.39, 0.29) is 17.3 Å². The van der Waals surface area contributed by atoms with Crippen molar-refractivity contribution in [2.45, 2.75) is 25.7 Å². The number of hydrogen-bond donors (Lipinski definition) is 1. The van der Waals surface area contributed by atoms with Crippen LogP contribution in [0.5, 0.6) is 0 Å². The molecule has 0 bridgehead atoms. The summed E-state index contributed by atoms with van der Waals surface area (Å²) in [6, 6.07) is 4.20. The van der Waals surface area contributed by atoms with Crippen molar-refractivity contribution in [2.24, 2.45) is 5.92 Å². The highest BCUT2D eigenvalue weighted by atomic mass is 16.6. The number of rotatable bonds is 4. The fourth-order valence-electron chi connectivity index (χ4n) is 2.72. The fourth-order valence-corrected chi connectivity index (χ4v) is 2.72. The Hall–Kier alpha value is -2.11. The first kappa shape index (κ1) is 14.3. The maximum Gasteiger partial charge on any atom is 0.292 e. The highest BCUT2D eigenvalue weighted by molar-refractivity contribution is 5.95. The van der Waals surface area contributed by atoms with Gasteiger partial charge in [0.25, 0.3) is 11.6 Å². The summed E-state index contributed by atoms with van der Waals surface area (Å²) in [6.07, 6.45) is 4.75. The number of anilines is 1. The van der Waals surface area contributed by atoms with Crippen molar-refractivity contribution in [1.29, 1.82) is 0 Å². The Balaban J connectivity index is 2.11. The largest absolute Gasteiger partial charge is 0.393 e. The van der Waals surface area contributed by atoms with Crippen LogP contribution < -0.4 is 5.73 Å². The molecule has 1 aliphatic carbocycles. The lowest BCUT2D eigenvalue weighted by molar-refractivity contribution is -0.383. The number of benzene rings is 1. The van der Waals surface area contributed by atoms with Crippen LogP contribution in [0.15, 0.2) is 18.2 Å². The molecule has 0 radical (unpaired) electrons. The molecule has 20 heavy (non-hydrogen) atoms. The molecule has 1 aliphatic rings. The van der Waals surface area contributed by atoms with Crippen molar-refractivity contribution in [3.63, 3.8) is 0 Å². The minimum atomic E-state index is -0.566. The molecule has 6 heteroatoms. The molecule has 0 saturated heterocycles. The molecule has 1 aromatic rings. The fraction of sp³-hybridized carbons (Fsp3) is 0.500. The van der Waals surface area contributed by atoms with E-state index >= 15 is 0 Å². The topological polar surface area (TPSA) is 89.5 Å². The van der Waals surface area contributed by atoms with Gasteiger partial charge in [-0.15, -0.1) is 0 Å². The monoisotopic (exact) mass is 277 g/mol. The number of carbonyl (C=O) groups excluding carboxylic acids is 1. The molecular weight excluding hydrogens is 258 g/mol. The van der Waals surface area contributed by atoms with Gasteiger partial charge < -0.3 is 10.6 Å².